The molecule has 0 radical (unpaired) electrons. The van der Waals surface area contributed by atoms with Crippen molar-refractivity contribution in [3.05, 3.63) is 42.2 Å². The lowest BCUT2D eigenvalue weighted by Crippen LogP contribution is -2.25. The summed E-state index contributed by atoms with van der Waals surface area (Å²) in [5.41, 5.74) is 1.62. The van der Waals surface area contributed by atoms with Gasteiger partial charge in [-0.1, -0.05) is 18.2 Å². The number of hydrogen-bond acceptors (Lipinski definition) is 4. The third kappa shape index (κ3) is 3.14. The van der Waals surface area contributed by atoms with E-state index in [0.29, 0.717) is 6.54 Å². The van der Waals surface area contributed by atoms with E-state index >= 15 is 0 Å². The van der Waals surface area contributed by atoms with Crippen LogP contribution in [0.2, 0.25) is 0 Å². The highest BCUT2D eigenvalue weighted by Crippen LogP contribution is 2.05. The number of hydrogen-bond donors (Lipinski definition) is 1. The Morgan fingerprint density at radius 1 is 1.39 bits per heavy atom. The van der Waals surface area contributed by atoms with Crippen molar-refractivity contribution >= 4 is 5.97 Å². The Bertz CT molecular complexity index is 524. The maximum absolute atomic E-state index is 10.5. The van der Waals surface area contributed by atoms with Crippen molar-refractivity contribution in [3.8, 4) is 5.69 Å². The second kappa shape index (κ2) is 5.42. The van der Waals surface area contributed by atoms with Gasteiger partial charge in [-0.25, -0.2) is 0 Å². The van der Waals surface area contributed by atoms with E-state index in [1.165, 1.54) is 4.80 Å². The molecule has 18 heavy (non-hydrogen) atoms. The molecule has 94 valence electrons. The Hall–Kier alpha value is -2.21. The number of para-hydroxylation sites is 1. The summed E-state index contributed by atoms with van der Waals surface area (Å²) in [6, 6.07) is 9.56. The Labute approximate surface area is 104 Å². The normalized spacial score (nSPS) is 10.8. The van der Waals surface area contributed by atoms with Crippen LogP contribution in [0.1, 0.15) is 5.69 Å². The second-order valence-corrected chi connectivity index (χ2v) is 4.03. The van der Waals surface area contributed by atoms with E-state index in [0.717, 1.165) is 11.4 Å². The lowest BCUT2D eigenvalue weighted by molar-refractivity contribution is -0.138. The summed E-state index contributed by atoms with van der Waals surface area (Å²) in [5.74, 6) is -0.854. The van der Waals surface area contributed by atoms with Gasteiger partial charge in [0.05, 0.1) is 24.1 Å². The standard InChI is InChI=1S/C12H14N4O2/c1-15(9-12(17)18)8-10-7-13-16(14-10)11-5-3-2-4-6-11/h2-7H,8-9H2,1H3,(H,17,18). The van der Waals surface area contributed by atoms with Crippen LogP contribution >= 0.6 is 0 Å². The molecule has 2 rings (SSSR count). The van der Waals surface area contributed by atoms with Gasteiger partial charge in [-0.15, -0.1) is 0 Å². The maximum Gasteiger partial charge on any atom is 0.317 e. The number of rotatable bonds is 5. The summed E-state index contributed by atoms with van der Waals surface area (Å²) in [7, 11) is 1.73. The van der Waals surface area contributed by atoms with Crippen LogP contribution in [-0.4, -0.2) is 44.6 Å². The minimum Gasteiger partial charge on any atom is -0.480 e. The van der Waals surface area contributed by atoms with Gasteiger partial charge in [0.25, 0.3) is 0 Å². The summed E-state index contributed by atoms with van der Waals surface area (Å²) in [5, 5.41) is 17.1. The fraction of sp³-hybridized carbons (Fsp3) is 0.250. The molecule has 0 amide bonds. The van der Waals surface area contributed by atoms with Crippen molar-refractivity contribution in [2.45, 2.75) is 6.54 Å². The first kappa shape index (κ1) is 12.3. The molecular formula is C12H14N4O2. The highest BCUT2D eigenvalue weighted by Gasteiger charge is 2.08. The highest BCUT2D eigenvalue weighted by atomic mass is 16.4. The Kier molecular flexibility index (Phi) is 3.69. The SMILES string of the molecule is CN(CC(=O)O)Cc1cnn(-c2ccccc2)n1. The molecule has 0 aliphatic rings. The van der Waals surface area contributed by atoms with Crippen LogP contribution in [0.5, 0.6) is 0 Å². The van der Waals surface area contributed by atoms with Gasteiger partial charge in [0.15, 0.2) is 0 Å². The number of benzene rings is 1. The van der Waals surface area contributed by atoms with E-state index < -0.39 is 5.97 Å². The maximum atomic E-state index is 10.5. The first-order valence-electron chi connectivity index (χ1n) is 5.52. The predicted octanol–water partition coefficient (Wildman–Crippen LogP) is 0.784. The monoisotopic (exact) mass is 246 g/mol. The van der Waals surface area contributed by atoms with E-state index in [4.69, 9.17) is 5.11 Å². The minimum absolute atomic E-state index is 0.0157. The number of likely N-dealkylation sites (N-methyl/N-ethyl adjacent to an activating group) is 1. The first-order valence-corrected chi connectivity index (χ1v) is 5.52. The molecule has 0 unspecified atom stereocenters. The number of nitrogens with zero attached hydrogens (tertiary/aromatic N) is 4. The zero-order chi connectivity index (χ0) is 13.0. The van der Waals surface area contributed by atoms with Crippen LogP contribution in [0, 0.1) is 0 Å². The summed E-state index contributed by atoms with van der Waals surface area (Å²) in [4.78, 5) is 13.7. The zero-order valence-corrected chi connectivity index (χ0v) is 10.0. The molecule has 0 saturated heterocycles. The molecule has 1 aromatic carbocycles. The third-order valence-electron chi connectivity index (χ3n) is 2.36. The molecule has 1 N–H and O–H groups in total. The summed E-state index contributed by atoms with van der Waals surface area (Å²) >= 11 is 0. The number of aromatic nitrogens is 3. The smallest absolute Gasteiger partial charge is 0.317 e. The Morgan fingerprint density at radius 3 is 2.78 bits per heavy atom. The molecule has 0 aliphatic heterocycles. The van der Waals surface area contributed by atoms with Crippen LogP contribution in [0.3, 0.4) is 0 Å². The molecule has 0 spiro atoms. The number of carboxylic acid groups (broad SMARTS) is 1. The van der Waals surface area contributed by atoms with Gasteiger partial charge in [-0.05, 0) is 19.2 Å². The highest BCUT2D eigenvalue weighted by molar-refractivity contribution is 5.68. The Balaban J connectivity index is 2.05. The van der Waals surface area contributed by atoms with Gasteiger partial charge in [0, 0.05) is 6.54 Å². The fourth-order valence-electron chi connectivity index (χ4n) is 1.62. The summed E-state index contributed by atoms with van der Waals surface area (Å²) in [6.07, 6.45) is 1.64. The lowest BCUT2D eigenvalue weighted by Gasteiger charge is -2.10. The molecule has 0 atom stereocenters. The van der Waals surface area contributed by atoms with Crippen molar-refractivity contribution in [1.82, 2.24) is 19.9 Å². The van der Waals surface area contributed by atoms with E-state index in [2.05, 4.69) is 10.2 Å². The van der Waals surface area contributed by atoms with Crippen molar-refractivity contribution in [2.75, 3.05) is 13.6 Å². The predicted molar refractivity (Wildman–Crippen MR) is 65.3 cm³/mol. The van der Waals surface area contributed by atoms with E-state index in [1.54, 1.807) is 18.1 Å². The van der Waals surface area contributed by atoms with Gasteiger partial charge < -0.3 is 5.11 Å². The van der Waals surface area contributed by atoms with Gasteiger partial charge in [0.1, 0.15) is 0 Å². The van der Waals surface area contributed by atoms with Crippen LogP contribution in [0.4, 0.5) is 0 Å². The van der Waals surface area contributed by atoms with E-state index in [-0.39, 0.29) is 6.54 Å². The summed E-state index contributed by atoms with van der Waals surface area (Å²) < 4.78 is 0. The molecular weight excluding hydrogens is 232 g/mol. The largest absolute Gasteiger partial charge is 0.480 e. The zero-order valence-electron chi connectivity index (χ0n) is 10.0. The topological polar surface area (TPSA) is 71.2 Å². The molecule has 0 aliphatic carbocycles. The molecule has 6 heteroatoms. The molecule has 2 aromatic rings. The van der Waals surface area contributed by atoms with E-state index in [1.807, 2.05) is 30.3 Å². The fourth-order valence-corrected chi connectivity index (χ4v) is 1.62. The molecule has 0 saturated carbocycles. The van der Waals surface area contributed by atoms with Gasteiger partial charge >= 0.3 is 5.97 Å². The molecule has 6 nitrogen and oxygen atoms in total. The third-order valence-corrected chi connectivity index (χ3v) is 2.36. The van der Waals surface area contributed by atoms with E-state index in [9.17, 15) is 4.79 Å². The van der Waals surface area contributed by atoms with Crippen molar-refractivity contribution < 1.29 is 9.90 Å². The molecule has 0 bridgehead atoms. The van der Waals surface area contributed by atoms with Crippen LogP contribution < -0.4 is 0 Å². The first-order chi connectivity index (χ1) is 8.65. The van der Waals surface area contributed by atoms with Crippen molar-refractivity contribution in [2.24, 2.45) is 0 Å². The van der Waals surface area contributed by atoms with Crippen LogP contribution in [-0.2, 0) is 11.3 Å². The van der Waals surface area contributed by atoms with Gasteiger partial charge in [-0.2, -0.15) is 15.0 Å². The van der Waals surface area contributed by atoms with Crippen LogP contribution in [0.25, 0.3) is 5.69 Å². The minimum atomic E-state index is -0.854. The number of carbonyl (C=O) groups is 1. The van der Waals surface area contributed by atoms with Crippen LogP contribution in [0.15, 0.2) is 36.5 Å². The van der Waals surface area contributed by atoms with Gasteiger partial charge in [0.2, 0.25) is 0 Å². The Morgan fingerprint density at radius 2 is 2.11 bits per heavy atom. The quantitative estimate of drug-likeness (QED) is 0.844. The summed E-state index contributed by atoms with van der Waals surface area (Å²) in [6.45, 7) is 0.442. The van der Waals surface area contributed by atoms with Crippen molar-refractivity contribution in [3.63, 3.8) is 0 Å². The average molecular weight is 246 g/mol. The molecule has 1 heterocycles. The second-order valence-electron chi connectivity index (χ2n) is 4.03. The molecule has 1 aromatic heterocycles. The van der Waals surface area contributed by atoms with Gasteiger partial charge in [-0.3, -0.25) is 9.69 Å². The molecule has 0 fully saturated rings. The number of aliphatic carboxylic acids is 1. The number of carboxylic acids is 1. The van der Waals surface area contributed by atoms with Crippen molar-refractivity contribution in [1.29, 1.82) is 0 Å². The lowest BCUT2D eigenvalue weighted by atomic mass is 10.3. The average Bonchev–Trinajstić information content (AvgIpc) is 2.77.